The summed E-state index contributed by atoms with van der Waals surface area (Å²) in [5, 5.41) is 9.45. The summed E-state index contributed by atoms with van der Waals surface area (Å²) >= 11 is 0. The van der Waals surface area contributed by atoms with Gasteiger partial charge in [0, 0.05) is 18.4 Å². The van der Waals surface area contributed by atoms with Gasteiger partial charge >= 0.3 is 11.7 Å². The number of carboxylic acids is 1. The van der Waals surface area contributed by atoms with Crippen LogP contribution in [0.15, 0.2) is 59.5 Å². The number of nitrogens with zero attached hydrogens (tertiary/aromatic N) is 2. The highest BCUT2D eigenvalue weighted by molar-refractivity contribution is 5.95. The minimum Gasteiger partial charge on any atom is -0.478 e. The van der Waals surface area contributed by atoms with Gasteiger partial charge in [-0.15, -0.1) is 0 Å². The standard InChI is InChI=1S/C26H32N2O3/c1-3-5-6-7-10-22-19-27(17-4-2)26(31)28(22)18-20-13-15-21(16-14-20)23-11-8-9-12-24(23)25(29)30/h8-9,11-16,19H,3-7,10,17-18H2,1-2H3,(H,29,30). The summed E-state index contributed by atoms with van der Waals surface area (Å²) in [6, 6.07) is 14.9. The minimum atomic E-state index is -0.934. The SMILES string of the molecule is CCCCCCc1cn(CCC)c(=O)n1Cc1ccc(-c2ccccc2C(=O)O)cc1. The predicted octanol–water partition coefficient (Wildman–Crippen LogP) is 5.60. The number of carboxylic acid groups (broad SMARTS) is 1. The van der Waals surface area contributed by atoms with Gasteiger partial charge in [0.1, 0.15) is 0 Å². The van der Waals surface area contributed by atoms with Crippen molar-refractivity contribution >= 4 is 5.97 Å². The number of unbranched alkanes of at least 4 members (excludes halogenated alkanes) is 3. The maximum absolute atomic E-state index is 12.9. The van der Waals surface area contributed by atoms with Crippen LogP contribution < -0.4 is 5.69 Å². The van der Waals surface area contributed by atoms with E-state index in [2.05, 4.69) is 13.8 Å². The zero-order valence-electron chi connectivity index (χ0n) is 18.5. The van der Waals surface area contributed by atoms with Crippen LogP contribution in [0.25, 0.3) is 11.1 Å². The van der Waals surface area contributed by atoms with Crippen molar-refractivity contribution in [2.45, 2.75) is 65.5 Å². The average Bonchev–Trinajstić information content (AvgIpc) is 3.06. The van der Waals surface area contributed by atoms with Crippen molar-refractivity contribution in [1.29, 1.82) is 0 Å². The number of aryl methyl sites for hydroxylation is 2. The molecule has 2 aromatic carbocycles. The molecule has 164 valence electrons. The molecule has 0 aliphatic rings. The van der Waals surface area contributed by atoms with Crippen molar-refractivity contribution in [3.05, 3.63) is 82.0 Å². The van der Waals surface area contributed by atoms with Gasteiger partial charge in [-0.25, -0.2) is 9.59 Å². The van der Waals surface area contributed by atoms with Crippen LogP contribution in [-0.4, -0.2) is 20.2 Å². The minimum absolute atomic E-state index is 0.0487. The van der Waals surface area contributed by atoms with Crippen molar-refractivity contribution in [3.8, 4) is 11.1 Å². The Bertz CT molecular complexity index is 1060. The lowest BCUT2D eigenvalue weighted by Crippen LogP contribution is -2.25. The van der Waals surface area contributed by atoms with E-state index < -0.39 is 5.97 Å². The monoisotopic (exact) mass is 420 g/mol. The van der Waals surface area contributed by atoms with E-state index in [0.29, 0.717) is 12.1 Å². The van der Waals surface area contributed by atoms with E-state index in [4.69, 9.17) is 0 Å². The number of aromatic nitrogens is 2. The summed E-state index contributed by atoms with van der Waals surface area (Å²) in [4.78, 5) is 24.5. The van der Waals surface area contributed by atoms with E-state index in [9.17, 15) is 14.7 Å². The highest BCUT2D eigenvalue weighted by Crippen LogP contribution is 2.24. The zero-order valence-corrected chi connectivity index (χ0v) is 18.5. The molecule has 0 bridgehead atoms. The first-order valence-electron chi connectivity index (χ1n) is 11.3. The summed E-state index contributed by atoms with van der Waals surface area (Å²) in [5.74, 6) is -0.934. The molecule has 3 rings (SSSR count). The lowest BCUT2D eigenvalue weighted by atomic mass is 9.99. The molecule has 0 saturated carbocycles. The molecular weight excluding hydrogens is 388 g/mol. The normalized spacial score (nSPS) is 11.0. The maximum Gasteiger partial charge on any atom is 0.336 e. The summed E-state index contributed by atoms with van der Waals surface area (Å²) in [6.45, 7) is 5.54. The van der Waals surface area contributed by atoms with Gasteiger partial charge in [-0.1, -0.05) is 75.6 Å². The van der Waals surface area contributed by atoms with Crippen molar-refractivity contribution in [2.75, 3.05) is 0 Å². The number of imidazole rings is 1. The molecule has 0 atom stereocenters. The Balaban J connectivity index is 1.84. The molecule has 1 heterocycles. The molecule has 0 aliphatic heterocycles. The first-order chi connectivity index (χ1) is 15.0. The first-order valence-corrected chi connectivity index (χ1v) is 11.3. The second-order valence-corrected chi connectivity index (χ2v) is 8.04. The molecule has 0 unspecified atom stereocenters. The topological polar surface area (TPSA) is 64.2 Å². The molecule has 5 heteroatoms. The third kappa shape index (κ3) is 5.54. The second kappa shape index (κ2) is 10.8. The largest absolute Gasteiger partial charge is 0.478 e. The number of rotatable bonds is 11. The van der Waals surface area contributed by atoms with Gasteiger partial charge in [-0.2, -0.15) is 0 Å². The molecule has 1 aromatic heterocycles. The van der Waals surface area contributed by atoms with Crippen molar-refractivity contribution < 1.29 is 9.90 Å². The van der Waals surface area contributed by atoms with Crippen LogP contribution in [0.5, 0.6) is 0 Å². The number of benzene rings is 2. The van der Waals surface area contributed by atoms with Crippen LogP contribution in [0.4, 0.5) is 0 Å². The molecule has 1 N–H and O–H groups in total. The lowest BCUT2D eigenvalue weighted by Gasteiger charge is -2.10. The highest BCUT2D eigenvalue weighted by Gasteiger charge is 2.13. The maximum atomic E-state index is 12.9. The van der Waals surface area contributed by atoms with Gasteiger partial charge in [0.15, 0.2) is 0 Å². The smallest absolute Gasteiger partial charge is 0.336 e. The van der Waals surface area contributed by atoms with Gasteiger partial charge in [0.25, 0.3) is 0 Å². The van der Waals surface area contributed by atoms with E-state index in [-0.39, 0.29) is 11.3 Å². The fourth-order valence-electron chi connectivity index (χ4n) is 3.98. The molecule has 0 saturated heterocycles. The Labute approximate surface area is 184 Å². The molecule has 0 fully saturated rings. The predicted molar refractivity (Wildman–Crippen MR) is 125 cm³/mol. The number of aromatic carboxylic acids is 1. The Morgan fingerprint density at radius 2 is 1.68 bits per heavy atom. The Morgan fingerprint density at radius 1 is 0.935 bits per heavy atom. The second-order valence-electron chi connectivity index (χ2n) is 8.04. The number of hydrogen-bond donors (Lipinski definition) is 1. The van der Waals surface area contributed by atoms with Crippen LogP contribution in [0, 0.1) is 0 Å². The summed E-state index contributed by atoms with van der Waals surface area (Å²) < 4.78 is 3.72. The fourth-order valence-corrected chi connectivity index (χ4v) is 3.98. The zero-order chi connectivity index (χ0) is 22.2. The third-order valence-electron chi connectivity index (χ3n) is 5.64. The number of carbonyl (C=O) groups is 1. The third-order valence-corrected chi connectivity index (χ3v) is 5.64. The quantitative estimate of drug-likeness (QED) is 0.411. The van der Waals surface area contributed by atoms with E-state index in [1.165, 1.54) is 19.3 Å². The summed E-state index contributed by atoms with van der Waals surface area (Å²) in [5.41, 5.74) is 4.02. The fraction of sp³-hybridized carbons (Fsp3) is 0.385. The van der Waals surface area contributed by atoms with Crippen molar-refractivity contribution in [3.63, 3.8) is 0 Å². The van der Waals surface area contributed by atoms with E-state index in [1.807, 2.05) is 51.7 Å². The molecule has 0 aliphatic carbocycles. The van der Waals surface area contributed by atoms with Crippen LogP contribution in [0.3, 0.4) is 0 Å². The van der Waals surface area contributed by atoms with Crippen LogP contribution >= 0.6 is 0 Å². The number of hydrogen-bond acceptors (Lipinski definition) is 2. The average molecular weight is 421 g/mol. The van der Waals surface area contributed by atoms with Crippen LogP contribution in [0.1, 0.15) is 67.6 Å². The molecule has 3 aromatic rings. The summed E-state index contributed by atoms with van der Waals surface area (Å²) in [6.07, 6.45) is 8.55. The van der Waals surface area contributed by atoms with Gasteiger partial charge in [-0.3, -0.25) is 9.13 Å². The Kier molecular flexibility index (Phi) is 7.88. The molecule has 31 heavy (non-hydrogen) atoms. The molecule has 0 radical (unpaired) electrons. The highest BCUT2D eigenvalue weighted by atomic mass is 16.4. The van der Waals surface area contributed by atoms with Gasteiger partial charge in [0.05, 0.1) is 12.1 Å². The molecule has 5 nitrogen and oxygen atoms in total. The molecular formula is C26H32N2O3. The first kappa shape index (κ1) is 22.6. The van der Waals surface area contributed by atoms with Crippen molar-refractivity contribution in [2.24, 2.45) is 0 Å². The Hall–Kier alpha value is -3.08. The summed E-state index contributed by atoms with van der Waals surface area (Å²) in [7, 11) is 0. The van der Waals surface area contributed by atoms with Crippen LogP contribution in [-0.2, 0) is 19.5 Å². The van der Waals surface area contributed by atoms with E-state index >= 15 is 0 Å². The van der Waals surface area contributed by atoms with Crippen LogP contribution in [0.2, 0.25) is 0 Å². The van der Waals surface area contributed by atoms with Gasteiger partial charge in [0.2, 0.25) is 0 Å². The van der Waals surface area contributed by atoms with Crippen molar-refractivity contribution in [1.82, 2.24) is 9.13 Å². The van der Waals surface area contributed by atoms with Gasteiger partial charge < -0.3 is 5.11 Å². The van der Waals surface area contributed by atoms with E-state index in [1.54, 1.807) is 12.1 Å². The molecule has 0 spiro atoms. The molecule has 0 amide bonds. The Morgan fingerprint density at radius 3 is 2.35 bits per heavy atom. The van der Waals surface area contributed by atoms with Gasteiger partial charge in [-0.05, 0) is 42.0 Å². The lowest BCUT2D eigenvalue weighted by molar-refractivity contribution is 0.0697. The van der Waals surface area contributed by atoms with E-state index in [0.717, 1.165) is 42.6 Å².